The number of nitrogens with one attached hydrogen (secondary N) is 1. The van der Waals surface area contributed by atoms with Crippen molar-refractivity contribution in [3.8, 4) is 0 Å². The van der Waals surface area contributed by atoms with Crippen molar-refractivity contribution in [3.63, 3.8) is 0 Å². The molecule has 0 spiro atoms. The van der Waals surface area contributed by atoms with Gasteiger partial charge in [0.25, 0.3) is 0 Å². The van der Waals surface area contributed by atoms with Crippen LogP contribution in [0.25, 0.3) is 0 Å². The molecule has 0 bridgehead atoms. The first-order valence-electron chi connectivity index (χ1n) is 6.13. The Balaban J connectivity index is 2.43. The average molecular weight is 228 g/mol. The van der Waals surface area contributed by atoms with E-state index in [1.54, 1.807) is 7.11 Å². The zero-order valence-electron chi connectivity index (χ0n) is 10.7. The van der Waals surface area contributed by atoms with Gasteiger partial charge in [0, 0.05) is 32.7 Å². The molecule has 94 valence electrons. The number of nitrogens with zero attached hydrogens (tertiary/aromatic N) is 1. The molecule has 0 saturated heterocycles. The highest BCUT2D eigenvalue weighted by Gasteiger charge is 2.33. The van der Waals surface area contributed by atoms with Crippen molar-refractivity contribution < 1.29 is 9.53 Å². The topological polar surface area (TPSA) is 41.6 Å². The zero-order valence-corrected chi connectivity index (χ0v) is 10.7. The van der Waals surface area contributed by atoms with Crippen LogP contribution in [0.1, 0.15) is 26.2 Å². The van der Waals surface area contributed by atoms with Crippen LogP contribution in [-0.2, 0) is 9.53 Å². The smallest absolute Gasteiger partial charge is 0.224 e. The maximum atomic E-state index is 12.0. The van der Waals surface area contributed by atoms with Crippen molar-refractivity contribution in [1.29, 1.82) is 0 Å². The molecule has 1 atom stereocenters. The van der Waals surface area contributed by atoms with Crippen molar-refractivity contribution in [1.82, 2.24) is 10.2 Å². The maximum Gasteiger partial charge on any atom is 0.224 e. The third kappa shape index (κ3) is 4.10. The van der Waals surface area contributed by atoms with Gasteiger partial charge >= 0.3 is 0 Å². The van der Waals surface area contributed by atoms with Gasteiger partial charge < -0.3 is 15.0 Å². The standard InChI is InChI=1S/C12H24N2O2/c1-10(11-4-5-11)14(8-9-16-3)12(15)6-7-13-2/h10-11,13H,4-9H2,1-3H3. The first-order chi connectivity index (χ1) is 7.70. The first kappa shape index (κ1) is 13.5. The van der Waals surface area contributed by atoms with Gasteiger partial charge in [0.05, 0.1) is 6.61 Å². The quantitative estimate of drug-likeness (QED) is 0.670. The number of hydrogen-bond donors (Lipinski definition) is 1. The predicted molar refractivity (Wildman–Crippen MR) is 64.3 cm³/mol. The molecule has 1 aliphatic carbocycles. The highest BCUT2D eigenvalue weighted by Crippen LogP contribution is 2.35. The summed E-state index contributed by atoms with van der Waals surface area (Å²) >= 11 is 0. The summed E-state index contributed by atoms with van der Waals surface area (Å²) in [7, 11) is 3.55. The van der Waals surface area contributed by atoms with Gasteiger partial charge in [-0.3, -0.25) is 4.79 Å². The van der Waals surface area contributed by atoms with Gasteiger partial charge in [0.15, 0.2) is 0 Å². The summed E-state index contributed by atoms with van der Waals surface area (Å²) < 4.78 is 5.07. The molecular formula is C12H24N2O2. The summed E-state index contributed by atoms with van der Waals surface area (Å²) in [6.07, 6.45) is 3.12. The Labute approximate surface area is 98.3 Å². The van der Waals surface area contributed by atoms with E-state index in [0.29, 0.717) is 19.1 Å². The summed E-state index contributed by atoms with van der Waals surface area (Å²) in [5, 5.41) is 3.01. The Morgan fingerprint density at radius 1 is 1.56 bits per heavy atom. The van der Waals surface area contributed by atoms with Crippen molar-refractivity contribution >= 4 is 5.91 Å². The average Bonchev–Trinajstić information content (AvgIpc) is 3.10. The molecule has 1 saturated carbocycles. The lowest BCUT2D eigenvalue weighted by molar-refractivity contribution is -0.134. The number of rotatable bonds is 8. The molecule has 0 aliphatic heterocycles. The van der Waals surface area contributed by atoms with Crippen LogP contribution in [0.2, 0.25) is 0 Å². The van der Waals surface area contributed by atoms with E-state index < -0.39 is 0 Å². The fourth-order valence-electron chi connectivity index (χ4n) is 1.95. The Morgan fingerprint density at radius 2 is 2.25 bits per heavy atom. The van der Waals surface area contributed by atoms with Gasteiger partial charge in [-0.25, -0.2) is 0 Å². The van der Waals surface area contributed by atoms with E-state index >= 15 is 0 Å². The number of carbonyl (C=O) groups excluding carboxylic acids is 1. The normalized spacial score (nSPS) is 17.2. The minimum absolute atomic E-state index is 0.241. The maximum absolute atomic E-state index is 12.0. The molecule has 0 aromatic carbocycles. The van der Waals surface area contributed by atoms with Gasteiger partial charge in [-0.1, -0.05) is 0 Å². The predicted octanol–water partition coefficient (Wildman–Crippen LogP) is 0.869. The summed E-state index contributed by atoms with van der Waals surface area (Å²) in [6, 6.07) is 0.375. The molecule has 16 heavy (non-hydrogen) atoms. The molecule has 1 unspecified atom stereocenters. The molecule has 0 heterocycles. The fourth-order valence-corrected chi connectivity index (χ4v) is 1.95. The van der Waals surface area contributed by atoms with Gasteiger partial charge in [0.2, 0.25) is 5.91 Å². The molecular weight excluding hydrogens is 204 g/mol. The van der Waals surface area contributed by atoms with Crippen LogP contribution < -0.4 is 5.32 Å². The van der Waals surface area contributed by atoms with Crippen LogP contribution in [0.5, 0.6) is 0 Å². The fraction of sp³-hybridized carbons (Fsp3) is 0.917. The molecule has 4 heteroatoms. The largest absolute Gasteiger partial charge is 0.383 e. The lowest BCUT2D eigenvalue weighted by Gasteiger charge is -2.29. The summed E-state index contributed by atoms with van der Waals surface area (Å²) in [5.41, 5.74) is 0. The highest BCUT2D eigenvalue weighted by molar-refractivity contribution is 5.76. The van der Waals surface area contributed by atoms with Crippen molar-refractivity contribution in [2.75, 3.05) is 33.9 Å². The van der Waals surface area contributed by atoms with Crippen molar-refractivity contribution in [2.24, 2.45) is 5.92 Å². The molecule has 1 amide bonds. The number of ether oxygens (including phenoxy) is 1. The second kappa shape index (κ2) is 6.86. The molecule has 4 nitrogen and oxygen atoms in total. The second-order valence-electron chi connectivity index (χ2n) is 4.51. The van der Waals surface area contributed by atoms with Crippen molar-refractivity contribution in [2.45, 2.75) is 32.2 Å². The summed E-state index contributed by atoms with van der Waals surface area (Å²) in [4.78, 5) is 14.0. The van der Waals surface area contributed by atoms with Crippen LogP contribution in [0.3, 0.4) is 0 Å². The van der Waals surface area contributed by atoms with Gasteiger partial charge in [0.1, 0.15) is 0 Å². The van der Waals surface area contributed by atoms with Gasteiger partial charge in [-0.05, 0) is 32.7 Å². The van der Waals surface area contributed by atoms with Crippen LogP contribution in [0, 0.1) is 5.92 Å². The van der Waals surface area contributed by atoms with E-state index in [-0.39, 0.29) is 5.91 Å². The first-order valence-corrected chi connectivity index (χ1v) is 6.13. The van der Waals surface area contributed by atoms with E-state index in [1.165, 1.54) is 12.8 Å². The third-order valence-corrected chi connectivity index (χ3v) is 3.24. The summed E-state index contributed by atoms with van der Waals surface area (Å²) in [6.45, 7) is 4.25. The minimum atomic E-state index is 0.241. The zero-order chi connectivity index (χ0) is 12.0. The lowest BCUT2D eigenvalue weighted by atomic mass is 10.1. The monoisotopic (exact) mass is 228 g/mol. The SMILES string of the molecule is CNCCC(=O)N(CCOC)C(C)C1CC1. The molecule has 1 rings (SSSR count). The van der Waals surface area contributed by atoms with E-state index in [4.69, 9.17) is 4.74 Å². The molecule has 1 N–H and O–H groups in total. The van der Waals surface area contributed by atoms with E-state index in [2.05, 4.69) is 12.2 Å². The molecule has 0 radical (unpaired) electrons. The van der Waals surface area contributed by atoms with E-state index in [1.807, 2.05) is 11.9 Å². The molecule has 1 aliphatic rings. The van der Waals surface area contributed by atoms with Crippen molar-refractivity contribution in [3.05, 3.63) is 0 Å². The van der Waals surface area contributed by atoms with E-state index in [9.17, 15) is 4.79 Å². The van der Waals surface area contributed by atoms with Crippen LogP contribution in [0.4, 0.5) is 0 Å². The molecule has 0 aromatic rings. The van der Waals surface area contributed by atoms with Crippen LogP contribution in [-0.4, -0.2) is 50.7 Å². The minimum Gasteiger partial charge on any atom is -0.383 e. The van der Waals surface area contributed by atoms with Gasteiger partial charge in [-0.15, -0.1) is 0 Å². The van der Waals surface area contributed by atoms with Crippen LogP contribution >= 0.6 is 0 Å². The third-order valence-electron chi connectivity index (χ3n) is 3.24. The molecule has 1 fully saturated rings. The number of amides is 1. The van der Waals surface area contributed by atoms with Crippen LogP contribution in [0.15, 0.2) is 0 Å². The lowest BCUT2D eigenvalue weighted by Crippen LogP contribution is -2.42. The highest BCUT2D eigenvalue weighted by atomic mass is 16.5. The number of methoxy groups -OCH3 is 1. The Morgan fingerprint density at radius 3 is 2.75 bits per heavy atom. The second-order valence-corrected chi connectivity index (χ2v) is 4.51. The Kier molecular flexibility index (Phi) is 5.77. The van der Waals surface area contributed by atoms with E-state index in [0.717, 1.165) is 19.0 Å². The summed E-state index contributed by atoms with van der Waals surface area (Å²) in [5.74, 6) is 0.959. The number of carbonyl (C=O) groups is 1. The Bertz CT molecular complexity index is 217. The van der Waals surface area contributed by atoms with Gasteiger partial charge in [-0.2, -0.15) is 0 Å². The Hall–Kier alpha value is -0.610. The number of hydrogen-bond acceptors (Lipinski definition) is 3. The molecule has 0 aromatic heterocycles.